The van der Waals surface area contributed by atoms with Crippen molar-refractivity contribution in [3.05, 3.63) is 18.5 Å². The summed E-state index contributed by atoms with van der Waals surface area (Å²) in [6.07, 6.45) is 3.20. The number of nitrogens with one attached hydrogen (secondary N) is 3. The van der Waals surface area contributed by atoms with Crippen LogP contribution >= 0.6 is 0 Å². The maximum Gasteiger partial charge on any atom is 0.251 e. The van der Waals surface area contributed by atoms with Gasteiger partial charge in [0.25, 0.3) is 11.8 Å². The number of amides is 3. The number of hydrogen-bond acceptors (Lipinski definition) is 5. The van der Waals surface area contributed by atoms with E-state index < -0.39 is 17.7 Å². The van der Waals surface area contributed by atoms with Gasteiger partial charge in [0.15, 0.2) is 0 Å². The molecule has 0 bridgehead atoms. The second-order valence-electron chi connectivity index (χ2n) is 3.69. The van der Waals surface area contributed by atoms with Crippen LogP contribution in [-0.4, -0.2) is 27.7 Å². The molecule has 0 radical (unpaired) electrons. The van der Waals surface area contributed by atoms with E-state index in [4.69, 9.17) is 0 Å². The van der Waals surface area contributed by atoms with Crippen molar-refractivity contribution in [3.8, 4) is 0 Å². The van der Waals surface area contributed by atoms with Gasteiger partial charge in [-0.1, -0.05) is 0 Å². The summed E-state index contributed by atoms with van der Waals surface area (Å²) >= 11 is 0. The summed E-state index contributed by atoms with van der Waals surface area (Å²) in [5.41, 5.74) is 4.40. The molecule has 8 heteroatoms. The summed E-state index contributed by atoms with van der Waals surface area (Å²) in [7, 11) is 0. The van der Waals surface area contributed by atoms with Crippen LogP contribution in [0.2, 0.25) is 0 Å². The normalized spacial score (nSPS) is 15.1. The number of hydrazine groups is 1. The minimum Gasteiger partial charge on any atom is -0.295 e. The van der Waals surface area contributed by atoms with E-state index in [1.807, 2.05) is 0 Å². The molecule has 0 spiro atoms. The molecule has 1 aliphatic rings. The van der Waals surface area contributed by atoms with Gasteiger partial charge in [0.05, 0.1) is 0 Å². The Morgan fingerprint density at radius 3 is 2.44 bits per heavy atom. The summed E-state index contributed by atoms with van der Waals surface area (Å²) in [5, 5.41) is 2.47. The van der Waals surface area contributed by atoms with Crippen LogP contribution in [0.5, 0.6) is 0 Å². The lowest BCUT2D eigenvalue weighted by Gasteiger charge is -2.04. The van der Waals surface area contributed by atoms with Crippen LogP contribution in [-0.2, 0) is 14.4 Å². The highest BCUT2D eigenvalue weighted by Crippen LogP contribution is 2.11. The second-order valence-corrected chi connectivity index (χ2v) is 3.69. The molecule has 1 fully saturated rings. The first-order chi connectivity index (χ1) is 8.66. The highest BCUT2D eigenvalue weighted by atomic mass is 16.2. The molecule has 1 aromatic rings. The van der Waals surface area contributed by atoms with E-state index in [0.29, 0.717) is 0 Å². The zero-order chi connectivity index (χ0) is 13.0. The Hall–Kier alpha value is -2.51. The standard InChI is InChI=1S/C10H11N5O3/c16-7(13-10-11-4-1-5-12-10)3-2-6-8(17)14-15-9(6)18/h1,4-6H,2-3H2,(H,14,17)(H,15,18)(H,11,12,13,16). The van der Waals surface area contributed by atoms with E-state index in [9.17, 15) is 14.4 Å². The molecule has 0 saturated carbocycles. The first-order valence-electron chi connectivity index (χ1n) is 5.33. The van der Waals surface area contributed by atoms with Crippen molar-refractivity contribution in [2.24, 2.45) is 5.92 Å². The summed E-state index contributed by atoms with van der Waals surface area (Å²) in [5.74, 6) is -1.78. The van der Waals surface area contributed by atoms with Crippen LogP contribution in [0.3, 0.4) is 0 Å². The SMILES string of the molecule is O=C(CCC1C(=O)NNC1=O)Nc1ncccn1. The molecular weight excluding hydrogens is 238 g/mol. The summed E-state index contributed by atoms with van der Waals surface area (Å²) < 4.78 is 0. The van der Waals surface area contributed by atoms with Crippen molar-refractivity contribution in [1.82, 2.24) is 20.8 Å². The Morgan fingerprint density at radius 2 is 1.83 bits per heavy atom. The van der Waals surface area contributed by atoms with Crippen molar-refractivity contribution in [3.63, 3.8) is 0 Å². The molecule has 0 aromatic carbocycles. The van der Waals surface area contributed by atoms with Gasteiger partial charge in [0, 0.05) is 18.8 Å². The Balaban J connectivity index is 1.82. The Kier molecular flexibility index (Phi) is 3.46. The predicted molar refractivity (Wildman–Crippen MR) is 59.7 cm³/mol. The topological polar surface area (TPSA) is 113 Å². The zero-order valence-electron chi connectivity index (χ0n) is 9.34. The minimum atomic E-state index is -0.813. The largest absolute Gasteiger partial charge is 0.295 e. The van der Waals surface area contributed by atoms with E-state index in [1.54, 1.807) is 6.07 Å². The molecule has 94 valence electrons. The lowest BCUT2D eigenvalue weighted by molar-refractivity contribution is -0.128. The number of carbonyl (C=O) groups is 3. The molecule has 0 atom stereocenters. The van der Waals surface area contributed by atoms with E-state index in [2.05, 4.69) is 26.1 Å². The maximum atomic E-state index is 11.5. The minimum absolute atomic E-state index is 0.0454. The fraction of sp³-hybridized carbons (Fsp3) is 0.300. The van der Waals surface area contributed by atoms with Crippen molar-refractivity contribution in [2.75, 3.05) is 5.32 Å². The maximum absolute atomic E-state index is 11.5. The van der Waals surface area contributed by atoms with E-state index in [-0.39, 0.29) is 24.7 Å². The smallest absolute Gasteiger partial charge is 0.251 e. The molecule has 3 amide bonds. The molecule has 2 heterocycles. The first-order valence-corrected chi connectivity index (χ1v) is 5.33. The first kappa shape index (κ1) is 12.0. The molecule has 18 heavy (non-hydrogen) atoms. The fourth-order valence-corrected chi connectivity index (χ4v) is 1.50. The molecule has 3 N–H and O–H groups in total. The highest BCUT2D eigenvalue weighted by molar-refractivity contribution is 6.05. The molecule has 0 aliphatic carbocycles. The van der Waals surface area contributed by atoms with Crippen molar-refractivity contribution < 1.29 is 14.4 Å². The molecule has 0 unspecified atom stereocenters. The van der Waals surface area contributed by atoms with Gasteiger partial charge in [-0.3, -0.25) is 30.6 Å². The van der Waals surface area contributed by atoms with Gasteiger partial charge in [0.2, 0.25) is 11.9 Å². The Morgan fingerprint density at radius 1 is 1.22 bits per heavy atom. The van der Waals surface area contributed by atoms with Gasteiger partial charge in [-0.05, 0) is 12.5 Å². The fourth-order valence-electron chi connectivity index (χ4n) is 1.50. The van der Waals surface area contributed by atoms with Crippen molar-refractivity contribution >= 4 is 23.7 Å². The molecule has 1 aromatic heterocycles. The molecular formula is C10H11N5O3. The lowest BCUT2D eigenvalue weighted by atomic mass is 10.0. The molecule has 1 aliphatic heterocycles. The van der Waals surface area contributed by atoms with Crippen LogP contribution in [0.1, 0.15) is 12.8 Å². The quantitative estimate of drug-likeness (QED) is 0.591. The van der Waals surface area contributed by atoms with Crippen LogP contribution < -0.4 is 16.2 Å². The van der Waals surface area contributed by atoms with E-state index >= 15 is 0 Å². The predicted octanol–water partition coefficient (Wildman–Crippen LogP) is -1.03. The number of anilines is 1. The van der Waals surface area contributed by atoms with Crippen LogP contribution in [0.4, 0.5) is 5.95 Å². The average molecular weight is 249 g/mol. The van der Waals surface area contributed by atoms with E-state index in [1.165, 1.54) is 12.4 Å². The van der Waals surface area contributed by atoms with Crippen LogP contribution in [0.25, 0.3) is 0 Å². The number of aromatic nitrogens is 2. The number of carbonyl (C=O) groups excluding carboxylic acids is 3. The Labute approximate surface area is 102 Å². The van der Waals surface area contributed by atoms with Gasteiger partial charge in [-0.25, -0.2) is 9.97 Å². The lowest BCUT2D eigenvalue weighted by Crippen LogP contribution is -2.28. The molecule has 1 saturated heterocycles. The third-order valence-corrected chi connectivity index (χ3v) is 2.42. The van der Waals surface area contributed by atoms with E-state index in [0.717, 1.165) is 0 Å². The number of rotatable bonds is 4. The van der Waals surface area contributed by atoms with Gasteiger partial charge in [-0.2, -0.15) is 0 Å². The van der Waals surface area contributed by atoms with Gasteiger partial charge in [0.1, 0.15) is 5.92 Å². The Bertz CT molecular complexity index is 460. The van der Waals surface area contributed by atoms with Gasteiger partial charge < -0.3 is 0 Å². The molecule has 8 nitrogen and oxygen atoms in total. The van der Waals surface area contributed by atoms with Crippen LogP contribution in [0.15, 0.2) is 18.5 Å². The second kappa shape index (κ2) is 5.21. The van der Waals surface area contributed by atoms with Crippen molar-refractivity contribution in [2.45, 2.75) is 12.8 Å². The third-order valence-electron chi connectivity index (χ3n) is 2.42. The number of hydrogen-bond donors (Lipinski definition) is 3. The monoisotopic (exact) mass is 249 g/mol. The average Bonchev–Trinajstić information content (AvgIpc) is 2.68. The third kappa shape index (κ3) is 2.78. The number of nitrogens with zero attached hydrogens (tertiary/aromatic N) is 2. The summed E-state index contributed by atoms with van der Waals surface area (Å²) in [6.45, 7) is 0. The van der Waals surface area contributed by atoms with Crippen molar-refractivity contribution in [1.29, 1.82) is 0 Å². The summed E-state index contributed by atoms with van der Waals surface area (Å²) in [6, 6.07) is 1.63. The summed E-state index contributed by atoms with van der Waals surface area (Å²) in [4.78, 5) is 41.6. The molecule has 2 rings (SSSR count). The van der Waals surface area contributed by atoms with Gasteiger partial charge in [-0.15, -0.1) is 0 Å². The highest BCUT2D eigenvalue weighted by Gasteiger charge is 2.32. The van der Waals surface area contributed by atoms with Crippen LogP contribution in [0, 0.1) is 5.92 Å². The van der Waals surface area contributed by atoms with Gasteiger partial charge >= 0.3 is 0 Å². The zero-order valence-corrected chi connectivity index (χ0v) is 9.34.